The van der Waals surface area contributed by atoms with Crippen molar-refractivity contribution in [2.75, 3.05) is 0 Å². The Bertz CT molecular complexity index is 885. The van der Waals surface area contributed by atoms with E-state index in [0.29, 0.717) is 12.1 Å². The first-order valence-electron chi connectivity index (χ1n) is 7.05. The lowest BCUT2D eigenvalue weighted by molar-refractivity contribution is 0.249. The average molecular weight is 310 g/mol. The first kappa shape index (κ1) is 14.8. The van der Waals surface area contributed by atoms with Crippen LogP contribution in [0.1, 0.15) is 11.1 Å². The van der Waals surface area contributed by atoms with Gasteiger partial charge in [0.2, 0.25) is 0 Å². The van der Waals surface area contributed by atoms with Crippen LogP contribution in [0.5, 0.6) is 0 Å². The first-order chi connectivity index (χ1) is 11.1. The number of halogens is 1. The maximum Gasteiger partial charge on any atom is 0.332 e. The fourth-order valence-corrected chi connectivity index (χ4v) is 2.48. The number of hydrazone groups is 1. The Labute approximate surface area is 132 Å². The van der Waals surface area contributed by atoms with Crippen molar-refractivity contribution in [3.8, 4) is 0 Å². The number of rotatable bonds is 4. The number of carbonyl (C=O) groups is 1. The van der Waals surface area contributed by atoms with Crippen LogP contribution in [-0.2, 0) is 6.54 Å². The minimum Gasteiger partial charge on any atom is -0.350 e. The van der Waals surface area contributed by atoms with Gasteiger partial charge in [0.05, 0.1) is 12.8 Å². The molecule has 0 bridgehead atoms. The van der Waals surface area contributed by atoms with Crippen molar-refractivity contribution in [2.24, 2.45) is 10.8 Å². The average Bonchev–Trinajstić information content (AvgIpc) is 2.88. The molecule has 3 rings (SSSR count). The molecule has 6 heteroatoms. The van der Waals surface area contributed by atoms with E-state index in [1.54, 1.807) is 12.1 Å². The number of hydrogen-bond donors (Lipinski definition) is 2. The van der Waals surface area contributed by atoms with Crippen molar-refractivity contribution in [1.29, 1.82) is 0 Å². The van der Waals surface area contributed by atoms with Gasteiger partial charge in [-0.3, -0.25) is 0 Å². The quantitative estimate of drug-likeness (QED) is 0.564. The van der Waals surface area contributed by atoms with Crippen LogP contribution in [0.3, 0.4) is 0 Å². The molecule has 3 aromatic rings. The van der Waals surface area contributed by atoms with Crippen molar-refractivity contribution in [3.63, 3.8) is 0 Å². The summed E-state index contributed by atoms with van der Waals surface area (Å²) in [4.78, 5) is 10.7. The van der Waals surface area contributed by atoms with Crippen LogP contribution in [-0.4, -0.2) is 16.8 Å². The first-order valence-corrected chi connectivity index (χ1v) is 7.05. The number of para-hydroxylation sites is 1. The second-order valence-electron chi connectivity index (χ2n) is 5.06. The van der Waals surface area contributed by atoms with Gasteiger partial charge in [-0.2, -0.15) is 5.10 Å². The Morgan fingerprint density at radius 3 is 2.74 bits per heavy atom. The van der Waals surface area contributed by atoms with Crippen LogP contribution in [0, 0.1) is 5.82 Å². The van der Waals surface area contributed by atoms with Crippen molar-refractivity contribution in [2.45, 2.75) is 6.54 Å². The molecule has 0 saturated heterocycles. The number of carbonyl (C=O) groups excluding carboxylic acids is 1. The Kier molecular flexibility index (Phi) is 4.05. The van der Waals surface area contributed by atoms with E-state index in [0.717, 1.165) is 16.5 Å². The zero-order valence-corrected chi connectivity index (χ0v) is 12.2. The summed E-state index contributed by atoms with van der Waals surface area (Å²) in [6.07, 6.45) is 3.38. The number of nitrogens with two attached hydrogens (primary N) is 1. The zero-order valence-electron chi connectivity index (χ0n) is 12.2. The lowest BCUT2D eigenvalue weighted by atomic mass is 10.2. The maximum absolute atomic E-state index is 13.9. The molecule has 5 nitrogen and oxygen atoms in total. The van der Waals surface area contributed by atoms with Gasteiger partial charge in [0.1, 0.15) is 5.82 Å². The van der Waals surface area contributed by atoms with Crippen molar-refractivity contribution < 1.29 is 9.18 Å². The third-order valence-corrected chi connectivity index (χ3v) is 3.50. The Morgan fingerprint density at radius 2 is 1.96 bits per heavy atom. The standard InChI is InChI=1S/C17H15FN4O/c18-15-7-3-1-5-12(15)10-22-11-13(9-20-21-17(19)23)14-6-2-4-8-16(14)22/h1-9,11H,10H2,(H3,19,21,23). The second kappa shape index (κ2) is 6.31. The van der Waals surface area contributed by atoms with E-state index in [2.05, 4.69) is 10.5 Å². The summed E-state index contributed by atoms with van der Waals surface area (Å²) in [5, 5.41) is 4.75. The fourth-order valence-electron chi connectivity index (χ4n) is 2.48. The molecule has 0 spiro atoms. The number of hydrogen-bond acceptors (Lipinski definition) is 2. The normalized spacial score (nSPS) is 11.2. The Balaban J connectivity index is 1.99. The van der Waals surface area contributed by atoms with Crippen LogP contribution >= 0.6 is 0 Å². The molecule has 2 amide bonds. The number of benzene rings is 2. The summed E-state index contributed by atoms with van der Waals surface area (Å²) in [5.74, 6) is -0.240. The molecular weight excluding hydrogens is 295 g/mol. The highest BCUT2D eigenvalue weighted by atomic mass is 19.1. The minimum atomic E-state index is -0.726. The third kappa shape index (κ3) is 3.21. The van der Waals surface area contributed by atoms with E-state index in [1.807, 2.05) is 41.1 Å². The summed E-state index contributed by atoms with van der Waals surface area (Å²) >= 11 is 0. The number of urea groups is 1. The smallest absolute Gasteiger partial charge is 0.332 e. The molecule has 1 heterocycles. The molecule has 0 saturated carbocycles. The minimum absolute atomic E-state index is 0.240. The fraction of sp³-hybridized carbons (Fsp3) is 0.0588. The maximum atomic E-state index is 13.9. The molecule has 0 fully saturated rings. The summed E-state index contributed by atoms with van der Waals surface area (Å²) in [6, 6.07) is 13.7. The van der Waals surface area contributed by atoms with Gasteiger partial charge < -0.3 is 10.3 Å². The van der Waals surface area contributed by atoms with E-state index in [9.17, 15) is 9.18 Å². The Hall–Kier alpha value is -3.15. The van der Waals surface area contributed by atoms with Gasteiger partial charge in [-0.05, 0) is 12.1 Å². The summed E-state index contributed by atoms with van der Waals surface area (Å²) < 4.78 is 15.8. The number of nitrogens with one attached hydrogen (secondary N) is 1. The molecule has 1 aromatic heterocycles. The molecule has 2 aromatic carbocycles. The highest BCUT2D eigenvalue weighted by Crippen LogP contribution is 2.21. The summed E-state index contributed by atoms with van der Waals surface area (Å²) in [7, 11) is 0. The van der Waals surface area contributed by atoms with E-state index in [4.69, 9.17) is 5.73 Å². The SMILES string of the molecule is NC(=O)NN=Cc1cn(Cc2ccccc2F)c2ccccc12. The molecule has 0 radical (unpaired) electrons. The predicted molar refractivity (Wildman–Crippen MR) is 87.8 cm³/mol. The number of nitrogens with zero attached hydrogens (tertiary/aromatic N) is 2. The number of primary amides is 1. The van der Waals surface area contributed by atoms with Crippen LogP contribution < -0.4 is 11.2 Å². The molecular formula is C17H15FN4O. The highest BCUT2D eigenvalue weighted by molar-refractivity contribution is 5.99. The van der Waals surface area contributed by atoms with Gasteiger partial charge in [0, 0.05) is 28.2 Å². The van der Waals surface area contributed by atoms with Gasteiger partial charge in [-0.15, -0.1) is 0 Å². The van der Waals surface area contributed by atoms with Crippen molar-refractivity contribution in [1.82, 2.24) is 9.99 Å². The topological polar surface area (TPSA) is 72.4 Å². The molecule has 3 N–H and O–H groups in total. The van der Waals surface area contributed by atoms with Crippen LogP contribution in [0.2, 0.25) is 0 Å². The molecule has 116 valence electrons. The van der Waals surface area contributed by atoms with E-state index < -0.39 is 6.03 Å². The largest absolute Gasteiger partial charge is 0.350 e. The molecule has 0 atom stereocenters. The predicted octanol–water partition coefficient (Wildman–Crippen LogP) is 2.83. The Morgan fingerprint density at radius 1 is 1.22 bits per heavy atom. The van der Waals surface area contributed by atoms with E-state index >= 15 is 0 Å². The van der Waals surface area contributed by atoms with E-state index in [-0.39, 0.29) is 5.82 Å². The number of amides is 2. The number of fused-ring (bicyclic) bond motifs is 1. The third-order valence-electron chi connectivity index (χ3n) is 3.50. The molecule has 0 aliphatic carbocycles. The molecule has 0 aliphatic rings. The van der Waals surface area contributed by atoms with Gasteiger partial charge >= 0.3 is 6.03 Å². The van der Waals surface area contributed by atoms with Crippen molar-refractivity contribution in [3.05, 3.63) is 71.7 Å². The summed E-state index contributed by atoms with van der Waals surface area (Å²) in [5.41, 5.74) is 9.52. The number of aromatic nitrogens is 1. The van der Waals surface area contributed by atoms with Gasteiger partial charge in [0.25, 0.3) is 0 Å². The van der Waals surface area contributed by atoms with E-state index in [1.165, 1.54) is 12.3 Å². The van der Waals surface area contributed by atoms with Crippen LogP contribution in [0.15, 0.2) is 59.8 Å². The lowest BCUT2D eigenvalue weighted by Gasteiger charge is -2.06. The molecule has 23 heavy (non-hydrogen) atoms. The zero-order chi connectivity index (χ0) is 16.2. The molecule has 0 unspecified atom stereocenters. The van der Waals surface area contributed by atoms with Crippen molar-refractivity contribution >= 4 is 23.1 Å². The highest BCUT2D eigenvalue weighted by Gasteiger charge is 2.09. The van der Waals surface area contributed by atoms with Gasteiger partial charge in [-0.25, -0.2) is 14.6 Å². The molecule has 0 aliphatic heterocycles. The monoisotopic (exact) mass is 310 g/mol. The van der Waals surface area contributed by atoms with Crippen LogP contribution in [0.25, 0.3) is 10.9 Å². The second-order valence-corrected chi connectivity index (χ2v) is 5.06. The van der Waals surface area contributed by atoms with Gasteiger partial charge in [-0.1, -0.05) is 36.4 Å². The lowest BCUT2D eigenvalue weighted by Crippen LogP contribution is -2.24. The van der Waals surface area contributed by atoms with Crippen LogP contribution in [0.4, 0.5) is 9.18 Å². The summed E-state index contributed by atoms with van der Waals surface area (Å²) in [6.45, 7) is 0.407. The van der Waals surface area contributed by atoms with Gasteiger partial charge in [0.15, 0.2) is 0 Å².